The first-order chi connectivity index (χ1) is 8.02. The molecule has 1 fully saturated rings. The molecule has 1 amide bonds. The van der Waals surface area contributed by atoms with Gasteiger partial charge in [0.2, 0.25) is 5.91 Å². The van der Waals surface area contributed by atoms with Crippen LogP contribution in [0.15, 0.2) is 0 Å². The minimum atomic E-state index is -0.553. The van der Waals surface area contributed by atoms with Gasteiger partial charge in [-0.3, -0.25) is 4.79 Å². The zero-order chi connectivity index (χ0) is 12.8. The summed E-state index contributed by atoms with van der Waals surface area (Å²) in [4.78, 5) is 24.8. The monoisotopic (exact) mass is 242 g/mol. The zero-order valence-electron chi connectivity index (χ0n) is 10.9. The Kier molecular flexibility index (Phi) is 5.41. The molecule has 1 aliphatic rings. The van der Waals surface area contributed by atoms with Gasteiger partial charge in [0.05, 0.1) is 7.11 Å². The van der Waals surface area contributed by atoms with Crippen LogP contribution in [0.2, 0.25) is 0 Å². The van der Waals surface area contributed by atoms with E-state index in [-0.39, 0.29) is 11.9 Å². The number of ether oxygens (including phenoxy) is 1. The molecule has 0 radical (unpaired) electrons. The zero-order valence-corrected chi connectivity index (χ0v) is 10.9. The first kappa shape index (κ1) is 14.0. The van der Waals surface area contributed by atoms with Gasteiger partial charge in [-0.1, -0.05) is 6.92 Å². The van der Waals surface area contributed by atoms with E-state index >= 15 is 0 Å². The first-order valence-electron chi connectivity index (χ1n) is 6.10. The van der Waals surface area contributed by atoms with E-state index in [0.29, 0.717) is 12.5 Å². The molecule has 5 heteroatoms. The number of likely N-dealkylation sites (tertiary alicyclic amines) is 1. The molecule has 1 N–H and O–H groups in total. The molecule has 0 saturated carbocycles. The van der Waals surface area contributed by atoms with E-state index in [9.17, 15) is 9.59 Å². The van der Waals surface area contributed by atoms with Gasteiger partial charge >= 0.3 is 5.97 Å². The van der Waals surface area contributed by atoms with Crippen molar-refractivity contribution in [2.45, 2.75) is 32.7 Å². The maximum atomic E-state index is 11.5. The van der Waals surface area contributed by atoms with Crippen molar-refractivity contribution in [2.24, 2.45) is 5.92 Å². The summed E-state index contributed by atoms with van der Waals surface area (Å²) in [6.45, 7) is 6.12. The molecule has 0 bridgehead atoms. The minimum absolute atomic E-state index is 0.203. The fourth-order valence-electron chi connectivity index (χ4n) is 2.28. The average Bonchev–Trinajstić information content (AvgIpc) is 2.26. The van der Waals surface area contributed by atoms with Crippen molar-refractivity contribution in [3.8, 4) is 0 Å². The minimum Gasteiger partial charge on any atom is -0.467 e. The van der Waals surface area contributed by atoms with Crippen LogP contribution in [0.1, 0.15) is 26.7 Å². The average molecular weight is 242 g/mol. The number of hydrogen-bond acceptors (Lipinski definition) is 4. The summed E-state index contributed by atoms with van der Waals surface area (Å²) >= 11 is 0. The van der Waals surface area contributed by atoms with Crippen LogP contribution in [0.4, 0.5) is 0 Å². The van der Waals surface area contributed by atoms with E-state index in [1.54, 1.807) is 0 Å². The second-order valence-electron chi connectivity index (χ2n) is 4.78. The molecular formula is C12H22N2O3. The summed E-state index contributed by atoms with van der Waals surface area (Å²) in [5.41, 5.74) is 0. The van der Waals surface area contributed by atoms with Crippen molar-refractivity contribution in [3.63, 3.8) is 0 Å². The van der Waals surface area contributed by atoms with Gasteiger partial charge in [-0.15, -0.1) is 0 Å². The van der Waals surface area contributed by atoms with Crippen LogP contribution in [0.25, 0.3) is 0 Å². The van der Waals surface area contributed by atoms with Crippen molar-refractivity contribution < 1.29 is 14.3 Å². The highest BCUT2D eigenvalue weighted by molar-refractivity contribution is 5.83. The van der Waals surface area contributed by atoms with Gasteiger partial charge in [-0.05, 0) is 25.3 Å². The van der Waals surface area contributed by atoms with E-state index in [2.05, 4.69) is 17.1 Å². The van der Waals surface area contributed by atoms with Crippen LogP contribution in [-0.4, -0.2) is 49.6 Å². The third kappa shape index (κ3) is 4.73. The van der Waals surface area contributed by atoms with Crippen molar-refractivity contribution >= 4 is 11.9 Å². The first-order valence-corrected chi connectivity index (χ1v) is 6.10. The summed E-state index contributed by atoms with van der Waals surface area (Å²) < 4.78 is 4.70. The van der Waals surface area contributed by atoms with Crippen molar-refractivity contribution in [3.05, 3.63) is 0 Å². The van der Waals surface area contributed by atoms with E-state index in [4.69, 9.17) is 4.74 Å². The van der Waals surface area contributed by atoms with Crippen LogP contribution in [0.3, 0.4) is 0 Å². The number of methoxy groups -OCH3 is 1. The summed E-state index contributed by atoms with van der Waals surface area (Å²) in [5, 5.41) is 2.64. The highest BCUT2D eigenvalue weighted by Gasteiger charge is 2.25. The van der Waals surface area contributed by atoms with Gasteiger partial charge in [-0.25, -0.2) is 4.79 Å². The van der Waals surface area contributed by atoms with E-state index < -0.39 is 6.04 Å². The summed E-state index contributed by atoms with van der Waals surface area (Å²) in [7, 11) is 1.34. The lowest BCUT2D eigenvalue weighted by Gasteiger charge is -2.32. The number of rotatable bonds is 4. The van der Waals surface area contributed by atoms with Crippen molar-refractivity contribution in [1.82, 2.24) is 10.2 Å². The van der Waals surface area contributed by atoms with Crippen molar-refractivity contribution in [2.75, 3.05) is 26.7 Å². The molecule has 1 rings (SSSR count). The third-order valence-corrected chi connectivity index (χ3v) is 3.05. The molecule has 2 atom stereocenters. The highest BCUT2D eigenvalue weighted by Crippen LogP contribution is 2.15. The lowest BCUT2D eigenvalue weighted by molar-refractivity contribution is -0.145. The molecule has 0 spiro atoms. The number of amides is 1. The molecule has 0 aromatic heterocycles. The molecule has 98 valence electrons. The van der Waals surface area contributed by atoms with Gasteiger partial charge in [0.15, 0.2) is 0 Å². The van der Waals surface area contributed by atoms with Gasteiger partial charge in [0.25, 0.3) is 0 Å². The van der Waals surface area contributed by atoms with Gasteiger partial charge in [0, 0.05) is 20.0 Å². The Morgan fingerprint density at radius 3 is 2.76 bits per heavy atom. The second kappa shape index (κ2) is 6.59. The Morgan fingerprint density at radius 2 is 2.24 bits per heavy atom. The molecular weight excluding hydrogens is 220 g/mol. The number of esters is 1. The van der Waals surface area contributed by atoms with Crippen LogP contribution < -0.4 is 5.32 Å². The Balaban J connectivity index is 2.52. The number of carbonyl (C=O) groups is 2. The fourth-order valence-corrected chi connectivity index (χ4v) is 2.28. The Bertz CT molecular complexity index is 281. The molecule has 0 aromatic rings. The molecule has 1 saturated heterocycles. The third-order valence-electron chi connectivity index (χ3n) is 3.05. The van der Waals surface area contributed by atoms with Gasteiger partial charge < -0.3 is 15.0 Å². The Morgan fingerprint density at radius 1 is 1.53 bits per heavy atom. The molecule has 17 heavy (non-hydrogen) atoms. The number of nitrogens with zero attached hydrogens (tertiary/aromatic N) is 1. The number of hydrogen-bond donors (Lipinski definition) is 1. The Labute approximate surface area is 102 Å². The molecule has 5 nitrogen and oxygen atoms in total. The molecule has 2 unspecified atom stereocenters. The lowest BCUT2D eigenvalue weighted by Crippen LogP contribution is -2.50. The van der Waals surface area contributed by atoms with E-state index in [1.807, 2.05) is 0 Å². The van der Waals surface area contributed by atoms with Gasteiger partial charge in [-0.2, -0.15) is 0 Å². The van der Waals surface area contributed by atoms with Crippen LogP contribution in [0.5, 0.6) is 0 Å². The SMILES string of the molecule is COC(=O)C(CN1CCCC(C)C1)NC(C)=O. The van der Waals surface area contributed by atoms with Crippen LogP contribution >= 0.6 is 0 Å². The number of nitrogens with one attached hydrogen (secondary N) is 1. The summed E-state index contributed by atoms with van der Waals surface area (Å²) in [6, 6.07) is -0.553. The smallest absolute Gasteiger partial charge is 0.329 e. The van der Waals surface area contributed by atoms with E-state index in [0.717, 1.165) is 19.5 Å². The topological polar surface area (TPSA) is 58.6 Å². The van der Waals surface area contributed by atoms with Crippen molar-refractivity contribution in [1.29, 1.82) is 0 Å². The maximum Gasteiger partial charge on any atom is 0.329 e. The largest absolute Gasteiger partial charge is 0.467 e. The normalized spacial score (nSPS) is 22.9. The fraction of sp³-hybridized carbons (Fsp3) is 0.833. The van der Waals surface area contributed by atoms with E-state index in [1.165, 1.54) is 20.5 Å². The van der Waals surface area contributed by atoms with Crippen LogP contribution in [0, 0.1) is 5.92 Å². The second-order valence-corrected chi connectivity index (χ2v) is 4.78. The molecule has 1 aliphatic heterocycles. The van der Waals surface area contributed by atoms with Crippen LogP contribution in [-0.2, 0) is 14.3 Å². The quantitative estimate of drug-likeness (QED) is 0.725. The maximum absolute atomic E-state index is 11.5. The molecule has 1 heterocycles. The predicted octanol–water partition coefficient (Wildman–Crippen LogP) is 0.396. The molecule has 0 aliphatic carbocycles. The highest BCUT2D eigenvalue weighted by atomic mass is 16.5. The number of piperidine rings is 1. The number of carbonyl (C=O) groups excluding carboxylic acids is 2. The van der Waals surface area contributed by atoms with Gasteiger partial charge in [0.1, 0.15) is 6.04 Å². The summed E-state index contributed by atoms with van der Waals surface area (Å²) in [6.07, 6.45) is 2.38. The standard InChI is InChI=1S/C12H22N2O3/c1-9-5-4-6-14(7-9)8-11(12(16)17-3)13-10(2)15/h9,11H,4-8H2,1-3H3,(H,13,15). The Hall–Kier alpha value is -1.10. The summed E-state index contributed by atoms with van der Waals surface area (Å²) in [5.74, 6) is 0.0725. The predicted molar refractivity (Wildman–Crippen MR) is 64.5 cm³/mol. The molecule has 0 aromatic carbocycles. The lowest BCUT2D eigenvalue weighted by atomic mass is 10.00.